The van der Waals surface area contributed by atoms with E-state index >= 15 is 0 Å². The highest BCUT2D eigenvalue weighted by Gasteiger charge is 1.95. The normalized spacial score (nSPS) is 6.75. The molecule has 0 bridgehead atoms. The van der Waals surface area contributed by atoms with Crippen molar-refractivity contribution in [2.75, 3.05) is 14.1 Å². The van der Waals surface area contributed by atoms with Crippen molar-refractivity contribution in [1.82, 2.24) is 5.32 Å². The number of nitrogens with one attached hydrogen (secondary N) is 1. The fraction of sp³-hybridized carbons (Fsp3) is 0.600. The zero-order valence-corrected chi connectivity index (χ0v) is 5.06. The largest absolute Gasteiger partial charge is 0.358 e. The summed E-state index contributed by atoms with van der Waals surface area (Å²) in [5.74, 6) is -0.0596. The second-order valence-corrected chi connectivity index (χ2v) is 1.23. The van der Waals surface area contributed by atoms with Gasteiger partial charge in [-0.05, 0) is 0 Å². The third kappa shape index (κ3) is 3.16. The molecule has 1 N–H and O–H groups in total. The molecule has 0 aliphatic rings. The monoisotopic (exact) mass is 113 g/mol. The summed E-state index contributed by atoms with van der Waals surface area (Å²) < 4.78 is 0. The van der Waals surface area contributed by atoms with Gasteiger partial charge in [0.2, 0.25) is 5.91 Å². The standard InChI is InChI=1S/C5H8N2O/c1-6-4-3-5(8)7-2/h3H2,1-2H3/p+1. The number of hydrogen-bond acceptors (Lipinski definition) is 1. The van der Waals surface area contributed by atoms with E-state index in [1.807, 2.05) is 0 Å². The van der Waals surface area contributed by atoms with Gasteiger partial charge in [0, 0.05) is 7.05 Å². The predicted molar refractivity (Wildman–Crippen MR) is 31.9 cm³/mol. The third-order valence-corrected chi connectivity index (χ3v) is 0.677. The number of hydrogen-bond donors (Lipinski definition) is 1. The second kappa shape index (κ2) is 4.13. The lowest BCUT2D eigenvalue weighted by molar-refractivity contribution is -0.119. The summed E-state index contributed by atoms with van der Waals surface area (Å²) in [6, 6.07) is 2.51. The molecule has 0 fully saturated rings. The molecule has 44 valence electrons. The van der Waals surface area contributed by atoms with E-state index in [4.69, 9.17) is 0 Å². The Morgan fingerprint density at radius 3 is 2.88 bits per heavy atom. The van der Waals surface area contributed by atoms with Gasteiger partial charge in [-0.25, -0.2) is 0 Å². The highest BCUT2D eigenvalue weighted by molar-refractivity contribution is 5.77. The first-order chi connectivity index (χ1) is 3.81. The fourth-order valence-electron chi connectivity index (χ4n) is 0.239. The van der Waals surface area contributed by atoms with Crippen molar-refractivity contribution >= 4 is 5.91 Å². The first-order valence-corrected chi connectivity index (χ1v) is 2.33. The van der Waals surface area contributed by atoms with E-state index in [0.29, 0.717) is 0 Å². The highest BCUT2D eigenvalue weighted by Crippen LogP contribution is 1.72. The Morgan fingerprint density at radius 1 is 1.88 bits per heavy atom. The summed E-state index contributed by atoms with van der Waals surface area (Å²) in [7, 11) is 3.17. The van der Waals surface area contributed by atoms with Gasteiger partial charge in [0.05, 0.1) is 0 Å². The highest BCUT2D eigenvalue weighted by atomic mass is 16.1. The second-order valence-electron chi connectivity index (χ2n) is 1.23. The first-order valence-electron chi connectivity index (χ1n) is 2.33. The van der Waals surface area contributed by atoms with E-state index in [9.17, 15) is 4.79 Å². The fourth-order valence-corrected chi connectivity index (χ4v) is 0.239. The number of carbonyl (C=O) groups excluding carboxylic acids is 1. The molecule has 0 aromatic carbocycles. The molecule has 0 aliphatic carbocycles. The van der Waals surface area contributed by atoms with E-state index in [-0.39, 0.29) is 12.3 Å². The van der Waals surface area contributed by atoms with Gasteiger partial charge in [-0.2, -0.15) is 0 Å². The Labute approximate surface area is 48.5 Å². The molecule has 0 rings (SSSR count). The van der Waals surface area contributed by atoms with Crippen LogP contribution in [-0.2, 0) is 4.79 Å². The van der Waals surface area contributed by atoms with Crippen molar-refractivity contribution in [1.29, 1.82) is 0 Å². The minimum Gasteiger partial charge on any atom is -0.358 e. The van der Waals surface area contributed by atoms with Gasteiger partial charge in [-0.15, -0.1) is 0 Å². The maximum atomic E-state index is 10.3. The molecule has 1 amide bonds. The minimum atomic E-state index is -0.0596. The maximum Gasteiger partial charge on any atom is 0.282 e. The van der Waals surface area contributed by atoms with Gasteiger partial charge < -0.3 is 5.32 Å². The molecule has 8 heavy (non-hydrogen) atoms. The SMILES string of the molecule is C[N+]#CCC(=O)NC. The lowest BCUT2D eigenvalue weighted by Gasteiger charge is -1.84. The number of amides is 1. The predicted octanol–water partition coefficient (Wildman–Crippen LogP) is 0.0852. The molecule has 0 heterocycles. The molecule has 0 spiro atoms. The summed E-state index contributed by atoms with van der Waals surface area (Å²) in [5, 5.41) is 2.44. The third-order valence-electron chi connectivity index (χ3n) is 0.677. The lowest BCUT2D eigenvalue weighted by atomic mass is 10.4. The molecule has 3 heteroatoms. The van der Waals surface area contributed by atoms with E-state index in [1.165, 1.54) is 0 Å². The Morgan fingerprint density at radius 2 is 2.50 bits per heavy atom. The molecule has 0 aromatic rings. The topological polar surface area (TPSA) is 33.5 Å². The van der Waals surface area contributed by atoms with Crippen molar-refractivity contribution in [3.63, 3.8) is 0 Å². The molecule has 0 saturated heterocycles. The summed E-state index contributed by atoms with van der Waals surface area (Å²) in [6.07, 6.45) is 0.257. The molecule has 0 aromatic heterocycles. The van der Waals surface area contributed by atoms with Crippen LogP contribution in [0.25, 0.3) is 4.85 Å². The van der Waals surface area contributed by atoms with Gasteiger partial charge in [0.15, 0.2) is 6.42 Å². The summed E-state index contributed by atoms with van der Waals surface area (Å²) >= 11 is 0. The van der Waals surface area contributed by atoms with Crippen molar-refractivity contribution < 1.29 is 4.79 Å². The van der Waals surface area contributed by atoms with E-state index in [0.717, 1.165) is 0 Å². The lowest BCUT2D eigenvalue weighted by Crippen LogP contribution is -2.15. The van der Waals surface area contributed by atoms with Crippen molar-refractivity contribution in [3.05, 3.63) is 4.85 Å². The zero-order valence-electron chi connectivity index (χ0n) is 5.06. The van der Waals surface area contributed by atoms with Gasteiger partial charge in [-0.1, -0.05) is 4.85 Å². The molecule has 0 saturated carbocycles. The van der Waals surface area contributed by atoms with Crippen molar-refractivity contribution in [2.45, 2.75) is 6.42 Å². The van der Waals surface area contributed by atoms with Crippen LogP contribution in [0.2, 0.25) is 0 Å². The van der Waals surface area contributed by atoms with Gasteiger partial charge in [0.25, 0.3) is 13.1 Å². The van der Waals surface area contributed by atoms with Crippen LogP contribution >= 0.6 is 0 Å². The van der Waals surface area contributed by atoms with Crippen LogP contribution in [0, 0.1) is 6.07 Å². The van der Waals surface area contributed by atoms with Gasteiger partial charge in [0.1, 0.15) is 0 Å². The number of rotatable bonds is 1. The average Bonchev–Trinajstić information content (AvgIpc) is 1.83. The van der Waals surface area contributed by atoms with Gasteiger partial charge in [-0.3, -0.25) is 4.79 Å². The molecule has 0 aliphatic heterocycles. The van der Waals surface area contributed by atoms with Crippen LogP contribution in [0.4, 0.5) is 0 Å². The maximum absolute atomic E-state index is 10.3. The average molecular weight is 113 g/mol. The molecule has 3 nitrogen and oxygen atoms in total. The molecule has 0 unspecified atom stereocenters. The quantitative estimate of drug-likeness (QED) is 0.513. The van der Waals surface area contributed by atoms with Crippen LogP contribution in [0.1, 0.15) is 6.42 Å². The van der Waals surface area contributed by atoms with Crippen LogP contribution in [0.5, 0.6) is 0 Å². The number of nitrogens with zero attached hydrogens (tertiary/aromatic N) is 1. The summed E-state index contributed by atoms with van der Waals surface area (Å²) in [6.45, 7) is 0. The van der Waals surface area contributed by atoms with Gasteiger partial charge >= 0.3 is 0 Å². The Kier molecular flexibility index (Phi) is 3.59. The van der Waals surface area contributed by atoms with Crippen LogP contribution < -0.4 is 5.32 Å². The molecular weight excluding hydrogens is 104 g/mol. The van der Waals surface area contributed by atoms with E-state index < -0.39 is 0 Å². The van der Waals surface area contributed by atoms with Crippen molar-refractivity contribution in [2.24, 2.45) is 0 Å². The van der Waals surface area contributed by atoms with Crippen molar-refractivity contribution in [3.8, 4) is 6.07 Å². The Hall–Kier alpha value is -1.04. The Balaban J connectivity index is 3.35. The van der Waals surface area contributed by atoms with Crippen LogP contribution in [0.3, 0.4) is 0 Å². The van der Waals surface area contributed by atoms with Crippen LogP contribution in [-0.4, -0.2) is 20.0 Å². The van der Waals surface area contributed by atoms with E-state index in [1.54, 1.807) is 14.1 Å². The molecular formula is C5H9N2O+. The minimum absolute atomic E-state index is 0.0596. The molecule has 0 atom stereocenters. The zero-order chi connectivity index (χ0) is 6.41. The van der Waals surface area contributed by atoms with E-state index in [2.05, 4.69) is 16.2 Å². The first kappa shape index (κ1) is 6.96. The number of carbonyl (C=O) groups is 1. The molecule has 0 radical (unpaired) electrons. The Bertz CT molecular complexity index is 131. The van der Waals surface area contributed by atoms with Crippen LogP contribution in [0.15, 0.2) is 0 Å². The summed E-state index contributed by atoms with van der Waals surface area (Å²) in [5.41, 5.74) is 0. The smallest absolute Gasteiger partial charge is 0.282 e. The summed E-state index contributed by atoms with van der Waals surface area (Å²) in [4.78, 5) is 13.8.